The molecule has 0 aliphatic rings. The lowest BCUT2D eigenvalue weighted by molar-refractivity contribution is -0.129. The van der Waals surface area contributed by atoms with Crippen molar-refractivity contribution >= 4 is 17.6 Å². The SMILES string of the molecule is COC(COC(=O)c1nn(-c2cc(F)ccc2F)c(-c2ccc(F)cc2)c1Cl)OC. The van der Waals surface area contributed by atoms with E-state index in [1.807, 2.05) is 0 Å². The Hall–Kier alpha value is -2.88. The van der Waals surface area contributed by atoms with Gasteiger partial charge in [-0.1, -0.05) is 11.6 Å². The lowest BCUT2D eigenvalue weighted by Gasteiger charge is -2.12. The zero-order valence-corrected chi connectivity index (χ0v) is 16.6. The summed E-state index contributed by atoms with van der Waals surface area (Å²) in [5.41, 5.74) is -0.251. The number of hydrogen-bond acceptors (Lipinski definition) is 5. The van der Waals surface area contributed by atoms with Crippen molar-refractivity contribution in [2.24, 2.45) is 0 Å². The monoisotopic (exact) mass is 440 g/mol. The van der Waals surface area contributed by atoms with Gasteiger partial charge in [0.05, 0.1) is 5.69 Å². The highest BCUT2D eigenvalue weighted by Crippen LogP contribution is 2.34. The lowest BCUT2D eigenvalue weighted by Crippen LogP contribution is -2.23. The molecular weight excluding hydrogens is 425 g/mol. The van der Waals surface area contributed by atoms with Gasteiger partial charge in [0.2, 0.25) is 0 Å². The van der Waals surface area contributed by atoms with Crippen LogP contribution in [0.3, 0.4) is 0 Å². The van der Waals surface area contributed by atoms with E-state index in [0.29, 0.717) is 5.56 Å². The van der Waals surface area contributed by atoms with Gasteiger partial charge in [-0.3, -0.25) is 0 Å². The summed E-state index contributed by atoms with van der Waals surface area (Å²) in [5, 5.41) is 3.86. The maximum absolute atomic E-state index is 14.4. The summed E-state index contributed by atoms with van der Waals surface area (Å²) in [6, 6.07) is 7.79. The Bertz CT molecular complexity index is 1050. The third-order valence-corrected chi connectivity index (χ3v) is 4.51. The van der Waals surface area contributed by atoms with Gasteiger partial charge in [0.1, 0.15) is 34.8 Å². The van der Waals surface area contributed by atoms with Crippen LogP contribution < -0.4 is 0 Å². The standard InChI is InChI=1S/C20H16ClF3N2O4/c1-28-16(29-2)10-30-20(27)18-17(21)19(11-3-5-12(22)6-4-11)26(25-18)15-9-13(23)7-8-14(15)24/h3-9,16H,10H2,1-2H3. The number of halogens is 4. The zero-order valence-electron chi connectivity index (χ0n) is 15.9. The van der Waals surface area contributed by atoms with Crippen molar-refractivity contribution in [1.82, 2.24) is 9.78 Å². The predicted octanol–water partition coefficient (Wildman–Crippen LogP) is 4.39. The van der Waals surface area contributed by atoms with Gasteiger partial charge in [-0.2, -0.15) is 5.10 Å². The van der Waals surface area contributed by atoms with Crippen LogP contribution in [0.5, 0.6) is 0 Å². The summed E-state index contributed by atoms with van der Waals surface area (Å²) >= 11 is 6.37. The predicted molar refractivity (Wildman–Crippen MR) is 102 cm³/mol. The summed E-state index contributed by atoms with van der Waals surface area (Å²) in [5.74, 6) is -2.98. The van der Waals surface area contributed by atoms with E-state index in [9.17, 15) is 18.0 Å². The van der Waals surface area contributed by atoms with Crippen molar-refractivity contribution in [2.75, 3.05) is 20.8 Å². The number of aromatic nitrogens is 2. The molecule has 0 saturated carbocycles. The highest BCUT2D eigenvalue weighted by atomic mass is 35.5. The Morgan fingerprint density at radius 1 is 1.07 bits per heavy atom. The maximum Gasteiger partial charge on any atom is 0.360 e. The molecule has 3 rings (SSSR count). The first-order valence-electron chi connectivity index (χ1n) is 8.58. The van der Waals surface area contributed by atoms with E-state index in [-0.39, 0.29) is 28.7 Å². The van der Waals surface area contributed by atoms with Crippen molar-refractivity contribution in [2.45, 2.75) is 6.29 Å². The molecule has 6 nitrogen and oxygen atoms in total. The molecule has 158 valence electrons. The molecule has 0 saturated heterocycles. The fraction of sp³-hybridized carbons (Fsp3) is 0.200. The van der Waals surface area contributed by atoms with Gasteiger partial charge in [0.15, 0.2) is 12.0 Å². The number of benzene rings is 2. The fourth-order valence-electron chi connectivity index (χ4n) is 2.65. The number of ether oxygens (including phenoxy) is 3. The van der Waals surface area contributed by atoms with Crippen LogP contribution in [0, 0.1) is 17.5 Å². The highest BCUT2D eigenvalue weighted by molar-refractivity contribution is 6.35. The summed E-state index contributed by atoms with van der Waals surface area (Å²) in [7, 11) is 2.73. The van der Waals surface area contributed by atoms with Crippen LogP contribution in [0.15, 0.2) is 42.5 Å². The van der Waals surface area contributed by atoms with E-state index in [4.69, 9.17) is 25.8 Å². The molecule has 0 aliphatic heterocycles. The first-order valence-corrected chi connectivity index (χ1v) is 8.96. The number of methoxy groups -OCH3 is 2. The molecule has 3 aromatic rings. The van der Waals surface area contributed by atoms with Crippen LogP contribution in [-0.4, -0.2) is 42.9 Å². The van der Waals surface area contributed by atoms with Crippen molar-refractivity contribution in [3.63, 3.8) is 0 Å². The van der Waals surface area contributed by atoms with Crippen molar-refractivity contribution in [3.8, 4) is 16.9 Å². The number of carbonyl (C=O) groups is 1. The highest BCUT2D eigenvalue weighted by Gasteiger charge is 2.27. The minimum Gasteiger partial charge on any atom is -0.455 e. The largest absolute Gasteiger partial charge is 0.455 e. The second-order valence-corrected chi connectivity index (χ2v) is 6.40. The molecule has 0 bridgehead atoms. The van der Waals surface area contributed by atoms with E-state index in [1.165, 1.54) is 26.4 Å². The quantitative estimate of drug-likeness (QED) is 0.403. The number of nitrogens with zero attached hydrogens (tertiary/aromatic N) is 2. The third-order valence-electron chi connectivity index (χ3n) is 4.15. The average Bonchev–Trinajstić information content (AvgIpc) is 3.08. The molecule has 0 atom stereocenters. The van der Waals surface area contributed by atoms with E-state index in [0.717, 1.165) is 35.0 Å². The van der Waals surface area contributed by atoms with Gasteiger partial charge in [-0.05, 0) is 36.4 Å². The zero-order chi connectivity index (χ0) is 21.8. The van der Waals surface area contributed by atoms with Crippen LogP contribution >= 0.6 is 11.6 Å². The molecule has 0 amide bonds. The molecule has 10 heteroatoms. The molecule has 0 radical (unpaired) electrons. The molecule has 30 heavy (non-hydrogen) atoms. The summed E-state index contributed by atoms with van der Waals surface area (Å²) in [6.07, 6.45) is -0.813. The Balaban J connectivity index is 2.11. The first kappa shape index (κ1) is 21.8. The maximum atomic E-state index is 14.4. The molecule has 0 unspecified atom stereocenters. The van der Waals surface area contributed by atoms with E-state index in [2.05, 4.69) is 5.10 Å². The molecule has 1 heterocycles. The normalized spacial score (nSPS) is 11.2. The van der Waals surface area contributed by atoms with Crippen molar-refractivity contribution in [1.29, 1.82) is 0 Å². The number of carbonyl (C=O) groups excluding carboxylic acids is 1. The molecule has 0 fully saturated rings. The molecule has 0 aliphatic carbocycles. The molecule has 1 aromatic heterocycles. The Morgan fingerprint density at radius 3 is 2.33 bits per heavy atom. The second-order valence-electron chi connectivity index (χ2n) is 6.03. The van der Waals surface area contributed by atoms with E-state index in [1.54, 1.807) is 0 Å². The second kappa shape index (κ2) is 9.29. The van der Waals surface area contributed by atoms with Gasteiger partial charge in [-0.25, -0.2) is 22.6 Å². The van der Waals surface area contributed by atoms with Gasteiger partial charge >= 0.3 is 5.97 Å². The summed E-state index contributed by atoms with van der Waals surface area (Å²) in [6.45, 7) is -0.255. The fourth-order valence-corrected chi connectivity index (χ4v) is 2.96. The minimum absolute atomic E-state index is 0.0585. The molecule has 0 spiro atoms. The summed E-state index contributed by atoms with van der Waals surface area (Å²) < 4.78 is 57.5. The van der Waals surface area contributed by atoms with Crippen LogP contribution in [0.2, 0.25) is 5.02 Å². The van der Waals surface area contributed by atoms with Gasteiger partial charge in [0.25, 0.3) is 0 Å². The van der Waals surface area contributed by atoms with Crippen LogP contribution in [0.4, 0.5) is 13.2 Å². The van der Waals surface area contributed by atoms with Gasteiger partial charge in [-0.15, -0.1) is 0 Å². The molecular formula is C20H16ClF3N2O4. The van der Waals surface area contributed by atoms with Gasteiger partial charge in [0, 0.05) is 25.8 Å². The van der Waals surface area contributed by atoms with E-state index >= 15 is 0 Å². The smallest absolute Gasteiger partial charge is 0.360 e. The number of rotatable bonds is 7. The average molecular weight is 441 g/mol. The number of esters is 1. The number of hydrogen-bond donors (Lipinski definition) is 0. The minimum atomic E-state index is -0.932. The molecule has 2 aromatic carbocycles. The Labute approximate surface area is 174 Å². The van der Waals surface area contributed by atoms with Crippen LogP contribution in [0.1, 0.15) is 10.5 Å². The van der Waals surface area contributed by atoms with E-state index < -0.39 is 29.7 Å². The topological polar surface area (TPSA) is 62.6 Å². The van der Waals surface area contributed by atoms with Gasteiger partial charge < -0.3 is 14.2 Å². The van der Waals surface area contributed by atoms with Crippen molar-refractivity contribution < 1.29 is 32.2 Å². The van der Waals surface area contributed by atoms with Crippen LogP contribution in [-0.2, 0) is 14.2 Å². The van der Waals surface area contributed by atoms with Crippen molar-refractivity contribution in [3.05, 3.63) is 70.6 Å². The first-order chi connectivity index (χ1) is 14.3. The Morgan fingerprint density at radius 2 is 1.70 bits per heavy atom. The summed E-state index contributed by atoms with van der Waals surface area (Å²) in [4.78, 5) is 12.5. The Kier molecular flexibility index (Phi) is 6.76. The third kappa shape index (κ3) is 4.48. The van der Waals surface area contributed by atoms with Crippen LogP contribution in [0.25, 0.3) is 16.9 Å². The molecule has 0 N–H and O–H groups in total. The lowest BCUT2D eigenvalue weighted by atomic mass is 10.1.